The van der Waals surface area contributed by atoms with Gasteiger partial charge in [-0.15, -0.1) is 0 Å². The van der Waals surface area contributed by atoms with Gasteiger partial charge in [0.1, 0.15) is 15.8 Å². The topological polar surface area (TPSA) is 85.2 Å². The van der Waals surface area contributed by atoms with Crippen LogP contribution in [-0.2, 0) is 14.3 Å². The second-order valence-electron chi connectivity index (χ2n) is 6.56. The van der Waals surface area contributed by atoms with E-state index in [1.54, 1.807) is 43.5 Å². The van der Waals surface area contributed by atoms with E-state index in [0.29, 0.717) is 59.0 Å². The molecule has 30 heavy (non-hydrogen) atoms. The Bertz CT molecular complexity index is 1020. The Labute approximate surface area is 184 Å². The molecular formula is C20H24N4O4S2. The van der Waals surface area contributed by atoms with Crippen LogP contribution in [0, 0.1) is 0 Å². The number of nitrogens with zero attached hydrogens (tertiary/aromatic N) is 3. The summed E-state index contributed by atoms with van der Waals surface area (Å²) in [7, 11) is 3.26. The van der Waals surface area contributed by atoms with Crippen LogP contribution in [-0.4, -0.2) is 65.0 Å². The van der Waals surface area contributed by atoms with Gasteiger partial charge in [-0.2, -0.15) is 0 Å². The standard InChI is InChI=1S/C20H24N4O4S2/c1-27-11-5-8-21-17-14(18(25)23-9-4-3-7-16(23)22-17)13-15-19(26)24(20(29)30-15)10-6-12-28-2/h3-4,7,9,13,21H,5-6,8,10-12H2,1-2H3. The summed E-state index contributed by atoms with van der Waals surface area (Å²) >= 11 is 6.55. The second kappa shape index (κ2) is 10.7. The molecule has 0 radical (unpaired) electrons. The quantitative estimate of drug-likeness (QED) is 0.337. The third kappa shape index (κ3) is 5.07. The van der Waals surface area contributed by atoms with Crippen LogP contribution in [0.4, 0.5) is 5.82 Å². The lowest BCUT2D eigenvalue weighted by molar-refractivity contribution is -0.122. The number of hydrogen-bond acceptors (Lipinski definition) is 8. The summed E-state index contributed by atoms with van der Waals surface area (Å²) in [5, 5.41) is 3.20. The van der Waals surface area contributed by atoms with Gasteiger partial charge in [-0.1, -0.05) is 30.0 Å². The Morgan fingerprint density at radius 3 is 2.73 bits per heavy atom. The molecule has 1 aliphatic heterocycles. The zero-order valence-electron chi connectivity index (χ0n) is 16.9. The number of rotatable bonds is 10. The van der Waals surface area contributed by atoms with Crippen LogP contribution in [0.5, 0.6) is 0 Å². The average molecular weight is 449 g/mol. The van der Waals surface area contributed by atoms with Gasteiger partial charge in [0.2, 0.25) is 0 Å². The molecule has 1 aliphatic rings. The number of anilines is 1. The van der Waals surface area contributed by atoms with Crippen molar-refractivity contribution in [1.82, 2.24) is 14.3 Å². The average Bonchev–Trinajstić information content (AvgIpc) is 3.01. The lowest BCUT2D eigenvalue weighted by atomic mass is 10.2. The fourth-order valence-corrected chi connectivity index (χ4v) is 4.27. The monoisotopic (exact) mass is 448 g/mol. The minimum Gasteiger partial charge on any atom is -0.385 e. The van der Waals surface area contributed by atoms with E-state index in [1.807, 2.05) is 6.07 Å². The first kappa shape index (κ1) is 22.4. The molecule has 0 spiro atoms. The Hall–Kier alpha value is -2.27. The first-order valence-electron chi connectivity index (χ1n) is 9.55. The van der Waals surface area contributed by atoms with Crippen molar-refractivity contribution in [3.63, 3.8) is 0 Å². The number of thiocarbonyl (C=S) groups is 1. The number of amides is 1. The van der Waals surface area contributed by atoms with Gasteiger partial charge in [-0.3, -0.25) is 18.9 Å². The molecule has 160 valence electrons. The maximum absolute atomic E-state index is 13.1. The van der Waals surface area contributed by atoms with E-state index in [9.17, 15) is 9.59 Å². The molecule has 3 heterocycles. The molecule has 0 atom stereocenters. The second-order valence-corrected chi connectivity index (χ2v) is 8.24. The summed E-state index contributed by atoms with van der Waals surface area (Å²) in [5.74, 6) is 0.232. The molecule has 1 fully saturated rings. The minimum absolute atomic E-state index is 0.205. The number of fused-ring (bicyclic) bond motifs is 1. The molecule has 3 rings (SSSR count). The maximum atomic E-state index is 13.1. The van der Waals surface area contributed by atoms with Crippen molar-refractivity contribution in [3.8, 4) is 0 Å². The van der Waals surface area contributed by atoms with Crippen LogP contribution >= 0.6 is 24.0 Å². The predicted molar refractivity (Wildman–Crippen MR) is 123 cm³/mol. The number of methoxy groups -OCH3 is 2. The van der Waals surface area contributed by atoms with Crippen LogP contribution in [0.25, 0.3) is 11.7 Å². The molecule has 0 aliphatic carbocycles. The SMILES string of the molecule is COCCCNc1nc2ccccn2c(=O)c1C=C1SC(=S)N(CCCOC)C1=O. The highest BCUT2D eigenvalue weighted by Gasteiger charge is 2.32. The highest BCUT2D eigenvalue weighted by molar-refractivity contribution is 8.26. The van der Waals surface area contributed by atoms with Crippen LogP contribution in [0.1, 0.15) is 18.4 Å². The molecule has 0 unspecified atom stereocenters. The van der Waals surface area contributed by atoms with E-state index in [-0.39, 0.29) is 11.5 Å². The zero-order chi connectivity index (χ0) is 21.5. The van der Waals surface area contributed by atoms with Gasteiger partial charge in [0, 0.05) is 46.7 Å². The first-order chi connectivity index (χ1) is 14.6. The Kier molecular flexibility index (Phi) is 7.97. The minimum atomic E-state index is -0.250. The molecule has 1 N–H and O–H groups in total. The number of thioether (sulfide) groups is 1. The molecule has 2 aromatic heterocycles. The van der Waals surface area contributed by atoms with Crippen LogP contribution in [0.2, 0.25) is 0 Å². The van der Waals surface area contributed by atoms with E-state index in [2.05, 4.69) is 10.3 Å². The molecule has 2 aromatic rings. The summed E-state index contributed by atoms with van der Waals surface area (Å²) in [4.78, 5) is 32.5. The summed E-state index contributed by atoms with van der Waals surface area (Å²) in [6.45, 7) is 2.20. The Balaban J connectivity index is 1.95. The fraction of sp³-hybridized carbons (Fsp3) is 0.400. The summed E-state index contributed by atoms with van der Waals surface area (Å²) in [6.07, 6.45) is 4.69. The number of carbonyl (C=O) groups excluding carboxylic acids is 1. The van der Waals surface area contributed by atoms with E-state index in [0.717, 1.165) is 6.42 Å². The van der Waals surface area contributed by atoms with Crippen molar-refractivity contribution in [2.75, 3.05) is 45.8 Å². The third-order valence-electron chi connectivity index (χ3n) is 4.47. The van der Waals surface area contributed by atoms with E-state index < -0.39 is 0 Å². The van der Waals surface area contributed by atoms with E-state index in [1.165, 1.54) is 16.2 Å². The molecule has 8 nitrogen and oxygen atoms in total. The van der Waals surface area contributed by atoms with E-state index >= 15 is 0 Å². The lowest BCUT2D eigenvalue weighted by Gasteiger charge is -2.13. The molecule has 0 saturated carbocycles. The van der Waals surface area contributed by atoms with Crippen LogP contribution < -0.4 is 10.9 Å². The van der Waals surface area contributed by atoms with Crippen molar-refractivity contribution >= 4 is 51.7 Å². The van der Waals surface area contributed by atoms with Gasteiger partial charge in [-0.05, 0) is 31.1 Å². The number of carbonyl (C=O) groups is 1. The van der Waals surface area contributed by atoms with Crippen molar-refractivity contribution in [2.45, 2.75) is 12.8 Å². The zero-order valence-corrected chi connectivity index (χ0v) is 18.6. The molecule has 10 heteroatoms. The molecule has 1 amide bonds. The van der Waals surface area contributed by atoms with Gasteiger partial charge in [0.25, 0.3) is 11.5 Å². The normalized spacial score (nSPS) is 15.5. The van der Waals surface area contributed by atoms with Gasteiger partial charge >= 0.3 is 0 Å². The molecular weight excluding hydrogens is 424 g/mol. The molecule has 1 saturated heterocycles. The number of aromatic nitrogens is 2. The highest BCUT2D eigenvalue weighted by Crippen LogP contribution is 2.33. The Morgan fingerprint density at radius 1 is 1.20 bits per heavy atom. The largest absolute Gasteiger partial charge is 0.385 e. The number of pyridine rings is 1. The molecule has 0 aromatic carbocycles. The van der Waals surface area contributed by atoms with E-state index in [4.69, 9.17) is 21.7 Å². The number of nitrogens with one attached hydrogen (secondary N) is 1. The maximum Gasteiger partial charge on any atom is 0.267 e. The smallest absolute Gasteiger partial charge is 0.267 e. The van der Waals surface area contributed by atoms with Crippen molar-refractivity contribution in [3.05, 3.63) is 45.2 Å². The van der Waals surface area contributed by atoms with Crippen molar-refractivity contribution in [1.29, 1.82) is 0 Å². The van der Waals surface area contributed by atoms with Gasteiger partial charge < -0.3 is 14.8 Å². The summed E-state index contributed by atoms with van der Waals surface area (Å²) < 4.78 is 12.1. The Morgan fingerprint density at radius 2 is 1.97 bits per heavy atom. The molecule has 0 bridgehead atoms. The number of hydrogen-bond donors (Lipinski definition) is 1. The van der Waals surface area contributed by atoms with Gasteiger partial charge in [-0.25, -0.2) is 4.98 Å². The third-order valence-corrected chi connectivity index (χ3v) is 5.84. The summed E-state index contributed by atoms with van der Waals surface area (Å²) in [5.41, 5.74) is 0.606. The highest BCUT2D eigenvalue weighted by atomic mass is 32.2. The lowest BCUT2D eigenvalue weighted by Crippen LogP contribution is -2.29. The summed E-state index contributed by atoms with van der Waals surface area (Å²) in [6, 6.07) is 5.35. The van der Waals surface area contributed by atoms with Crippen molar-refractivity contribution < 1.29 is 14.3 Å². The number of ether oxygens (including phenoxy) is 2. The first-order valence-corrected chi connectivity index (χ1v) is 10.8. The predicted octanol–water partition coefficient (Wildman–Crippen LogP) is 2.38. The van der Waals surface area contributed by atoms with Crippen LogP contribution in [0.3, 0.4) is 0 Å². The van der Waals surface area contributed by atoms with Crippen LogP contribution in [0.15, 0.2) is 34.1 Å². The van der Waals surface area contributed by atoms with Gasteiger partial charge in [0.15, 0.2) is 0 Å². The van der Waals surface area contributed by atoms with Crippen molar-refractivity contribution in [2.24, 2.45) is 0 Å². The fourth-order valence-electron chi connectivity index (χ4n) is 2.98. The van der Waals surface area contributed by atoms with Gasteiger partial charge in [0.05, 0.1) is 10.5 Å².